The molecule has 7 nitrogen and oxygen atoms in total. The van der Waals surface area contributed by atoms with Gasteiger partial charge in [-0.05, 0) is 43.9 Å². The lowest BCUT2D eigenvalue weighted by molar-refractivity contribution is -0.140. The molecule has 1 atom stereocenters. The van der Waals surface area contributed by atoms with Crippen LogP contribution in [0.2, 0.25) is 10.0 Å². The van der Waals surface area contributed by atoms with Gasteiger partial charge in [-0.25, -0.2) is 0 Å². The lowest BCUT2D eigenvalue weighted by atomic mass is 9.95. The number of carbonyl (C=O) groups excluding carboxylic acids is 2. The molecule has 0 aliphatic carbocycles. The molecule has 1 amide bonds. The highest BCUT2D eigenvalue weighted by molar-refractivity contribution is 6.46. The first-order valence-corrected chi connectivity index (χ1v) is 11.1. The molecule has 1 unspecified atom stereocenters. The number of aliphatic hydroxyl groups is 1. The lowest BCUT2D eigenvalue weighted by Gasteiger charge is -2.27. The quantitative estimate of drug-likeness (QED) is 0.357. The van der Waals surface area contributed by atoms with Crippen molar-refractivity contribution >= 4 is 46.3 Å². The molecule has 1 fully saturated rings. The van der Waals surface area contributed by atoms with Crippen molar-refractivity contribution in [2.45, 2.75) is 6.04 Å². The van der Waals surface area contributed by atoms with E-state index in [0.717, 1.165) is 5.69 Å². The maximum Gasteiger partial charge on any atom is 0.295 e. The fourth-order valence-corrected chi connectivity index (χ4v) is 4.41. The highest BCUT2D eigenvalue weighted by Crippen LogP contribution is 2.42. The molecule has 9 heteroatoms. The number of halogens is 2. The summed E-state index contributed by atoms with van der Waals surface area (Å²) in [6.45, 7) is 0.873. The van der Waals surface area contributed by atoms with E-state index >= 15 is 0 Å². The summed E-state index contributed by atoms with van der Waals surface area (Å²) < 4.78 is 5.17. The summed E-state index contributed by atoms with van der Waals surface area (Å²) in [6, 6.07) is 9.69. The van der Waals surface area contributed by atoms with E-state index in [2.05, 4.69) is 0 Å². The van der Waals surface area contributed by atoms with Gasteiger partial charge in [-0.15, -0.1) is 0 Å². The van der Waals surface area contributed by atoms with Crippen LogP contribution in [-0.4, -0.2) is 75.0 Å². The molecule has 1 aliphatic rings. The molecule has 0 radical (unpaired) electrons. The van der Waals surface area contributed by atoms with Crippen molar-refractivity contribution < 1.29 is 19.4 Å². The van der Waals surface area contributed by atoms with Crippen LogP contribution in [-0.2, 0) is 9.59 Å². The number of carbonyl (C=O) groups is 2. The number of ether oxygens (including phenoxy) is 1. The number of likely N-dealkylation sites (N-methyl/N-ethyl adjacent to an activating group) is 1. The molecule has 33 heavy (non-hydrogen) atoms. The average Bonchev–Trinajstić information content (AvgIpc) is 3.01. The number of aliphatic hydroxyl groups excluding tert-OH is 1. The molecule has 0 bridgehead atoms. The monoisotopic (exact) mass is 491 g/mol. The minimum Gasteiger partial charge on any atom is -0.507 e. The minimum absolute atomic E-state index is 0.00587. The molecular formula is C24H27Cl2N3O4. The topological polar surface area (TPSA) is 73.3 Å². The fraction of sp³-hybridized carbons (Fsp3) is 0.333. The zero-order valence-corrected chi connectivity index (χ0v) is 20.7. The number of ketones is 1. The van der Waals surface area contributed by atoms with Crippen LogP contribution in [0.25, 0.3) is 5.76 Å². The average molecular weight is 492 g/mol. The van der Waals surface area contributed by atoms with Gasteiger partial charge in [-0.2, -0.15) is 0 Å². The van der Waals surface area contributed by atoms with Gasteiger partial charge in [0, 0.05) is 38.4 Å². The number of nitrogens with zero attached hydrogens (tertiary/aromatic N) is 3. The molecule has 176 valence electrons. The second kappa shape index (κ2) is 10.0. The van der Waals surface area contributed by atoms with E-state index in [-0.39, 0.29) is 32.7 Å². The SMILES string of the molecule is COc1c(Cl)cc(/C(O)=C2\C(=O)C(=O)N(CCN(C)C)C2c2ccc(N(C)C)cc2)cc1Cl. The number of anilines is 1. The van der Waals surface area contributed by atoms with Crippen LogP contribution in [0.4, 0.5) is 5.69 Å². The summed E-state index contributed by atoms with van der Waals surface area (Å²) in [7, 11) is 9.06. The van der Waals surface area contributed by atoms with Crippen molar-refractivity contribution in [2.24, 2.45) is 0 Å². The Balaban J connectivity index is 2.17. The van der Waals surface area contributed by atoms with Crippen LogP contribution >= 0.6 is 23.2 Å². The number of rotatable bonds is 7. The Morgan fingerprint density at radius 1 is 1.06 bits per heavy atom. The third-order valence-electron chi connectivity index (χ3n) is 5.53. The van der Waals surface area contributed by atoms with E-state index in [0.29, 0.717) is 18.7 Å². The van der Waals surface area contributed by atoms with E-state index in [9.17, 15) is 14.7 Å². The molecule has 0 spiro atoms. The summed E-state index contributed by atoms with van der Waals surface area (Å²) in [4.78, 5) is 31.5. The second-order valence-corrected chi connectivity index (χ2v) is 9.07. The molecule has 1 heterocycles. The standard InChI is InChI=1S/C24H27Cl2N3O4/c1-27(2)10-11-29-20(14-6-8-16(9-7-14)28(3)4)19(22(31)24(29)32)21(30)15-12-17(25)23(33-5)18(26)13-15/h6-9,12-13,20,30H,10-11H2,1-5H3/b21-19+. The predicted molar refractivity (Wildman–Crippen MR) is 131 cm³/mol. The van der Waals surface area contributed by atoms with Crippen molar-refractivity contribution in [3.05, 3.63) is 63.1 Å². The Hall–Kier alpha value is -2.74. The second-order valence-electron chi connectivity index (χ2n) is 8.25. The first-order valence-electron chi connectivity index (χ1n) is 10.3. The van der Waals surface area contributed by atoms with E-state index in [1.165, 1.54) is 24.1 Å². The van der Waals surface area contributed by atoms with Gasteiger partial charge in [0.2, 0.25) is 0 Å². The summed E-state index contributed by atoms with van der Waals surface area (Å²) >= 11 is 12.5. The zero-order valence-electron chi connectivity index (χ0n) is 19.2. The highest BCUT2D eigenvalue weighted by atomic mass is 35.5. The fourth-order valence-electron chi connectivity index (χ4n) is 3.77. The number of hydrogen-bond donors (Lipinski definition) is 1. The van der Waals surface area contributed by atoms with Gasteiger partial charge >= 0.3 is 0 Å². The van der Waals surface area contributed by atoms with E-state index in [1.54, 1.807) is 0 Å². The molecule has 1 N–H and O–H groups in total. The molecule has 3 rings (SSSR count). The molecule has 1 saturated heterocycles. The van der Waals surface area contributed by atoms with Gasteiger partial charge < -0.3 is 24.5 Å². The van der Waals surface area contributed by atoms with Crippen LogP contribution < -0.4 is 9.64 Å². The molecule has 0 aromatic heterocycles. The maximum absolute atomic E-state index is 13.1. The van der Waals surface area contributed by atoms with Crippen LogP contribution in [0.1, 0.15) is 17.2 Å². The molecular weight excluding hydrogens is 465 g/mol. The van der Waals surface area contributed by atoms with E-state index < -0.39 is 17.7 Å². The summed E-state index contributed by atoms with van der Waals surface area (Å²) in [5.74, 6) is -1.49. The Labute approximate surface area is 203 Å². The largest absolute Gasteiger partial charge is 0.507 e. The first-order chi connectivity index (χ1) is 15.6. The Morgan fingerprint density at radius 2 is 1.64 bits per heavy atom. The third-order valence-corrected chi connectivity index (χ3v) is 6.09. The highest BCUT2D eigenvalue weighted by Gasteiger charge is 2.46. The van der Waals surface area contributed by atoms with Crippen molar-refractivity contribution in [1.29, 1.82) is 0 Å². The number of methoxy groups -OCH3 is 1. The number of amides is 1. The number of likely N-dealkylation sites (tertiary alicyclic amines) is 1. The Kier molecular flexibility index (Phi) is 7.57. The Bertz CT molecular complexity index is 1070. The van der Waals surface area contributed by atoms with Gasteiger partial charge in [0.25, 0.3) is 11.7 Å². The van der Waals surface area contributed by atoms with Crippen molar-refractivity contribution in [3.8, 4) is 5.75 Å². The Morgan fingerprint density at radius 3 is 2.12 bits per heavy atom. The minimum atomic E-state index is -0.754. The first kappa shape index (κ1) is 24.9. The van der Waals surface area contributed by atoms with Crippen LogP contribution in [0.5, 0.6) is 5.75 Å². The lowest BCUT2D eigenvalue weighted by Crippen LogP contribution is -2.35. The van der Waals surface area contributed by atoms with E-state index in [4.69, 9.17) is 27.9 Å². The normalized spacial score (nSPS) is 17.7. The van der Waals surface area contributed by atoms with Gasteiger partial charge in [0.1, 0.15) is 5.76 Å². The molecule has 1 aliphatic heterocycles. The van der Waals surface area contributed by atoms with Crippen molar-refractivity contribution in [2.75, 3.05) is 53.3 Å². The predicted octanol–water partition coefficient (Wildman–Crippen LogP) is 4.05. The van der Waals surface area contributed by atoms with E-state index in [1.807, 2.05) is 62.3 Å². The molecule has 2 aromatic rings. The molecule has 0 saturated carbocycles. The smallest absolute Gasteiger partial charge is 0.295 e. The number of benzene rings is 2. The van der Waals surface area contributed by atoms with Gasteiger partial charge in [0.15, 0.2) is 5.75 Å². The van der Waals surface area contributed by atoms with Crippen LogP contribution in [0.3, 0.4) is 0 Å². The van der Waals surface area contributed by atoms with Crippen LogP contribution in [0, 0.1) is 0 Å². The van der Waals surface area contributed by atoms with Crippen LogP contribution in [0.15, 0.2) is 42.0 Å². The van der Waals surface area contributed by atoms with Crippen molar-refractivity contribution in [1.82, 2.24) is 9.80 Å². The summed E-state index contributed by atoms with van der Waals surface area (Å²) in [5.41, 5.74) is 1.91. The summed E-state index contributed by atoms with van der Waals surface area (Å²) in [6.07, 6.45) is 0. The van der Waals surface area contributed by atoms with Gasteiger partial charge in [0.05, 0.1) is 28.8 Å². The molecule has 2 aromatic carbocycles. The van der Waals surface area contributed by atoms with Gasteiger partial charge in [-0.1, -0.05) is 35.3 Å². The zero-order chi connectivity index (χ0) is 24.4. The number of Topliss-reactive ketones (excluding diaryl/α,β-unsaturated/α-hetero) is 1. The summed E-state index contributed by atoms with van der Waals surface area (Å²) in [5, 5.41) is 11.6. The maximum atomic E-state index is 13.1. The third kappa shape index (κ3) is 4.95. The van der Waals surface area contributed by atoms with Gasteiger partial charge in [-0.3, -0.25) is 9.59 Å². The number of hydrogen-bond acceptors (Lipinski definition) is 6. The van der Waals surface area contributed by atoms with Crippen molar-refractivity contribution in [3.63, 3.8) is 0 Å².